The van der Waals surface area contributed by atoms with Gasteiger partial charge < -0.3 is 14.9 Å². The van der Waals surface area contributed by atoms with E-state index >= 15 is 0 Å². The molecule has 0 saturated heterocycles. The van der Waals surface area contributed by atoms with Crippen molar-refractivity contribution in [1.29, 1.82) is 0 Å². The van der Waals surface area contributed by atoms with Crippen molar-refractivity contribution in [3.8, 4) is 17.1 Å². The summed E-state index contributed by atoms with van der Waals surface area (Å²) in [4.78, 5) is 4.47. The Bertz CT molecular complexity index is 734. The number of oxazole rings is 1. The Hall–Kier alpha value is -2.75. The van der Waals surface area contributed by atoms with Crippen molar-refractivity contribution >= 4 is 5.69 Å². The lowest BCUT2D eigenvalue weighted by Gasteiger charge is -2.04. The lowest BCUT2D eigenvalue weighted by atomic mass is 10.1. The van der Waals surface area contributed by atoms with E-state index in [0.717, 1.165) is 28.5 Å². The number of nitrogens with zero attached hydrogens (tertiary/aromatic N) is 1. The molecule has 1 heterocycles. The summed E-state index contributed by atoms with van der Waals surface area (Å²) >= 11 is 0. The number of benzene rings is 2. The third kappa shape index (κ3) is 3.28. The van der Waals surface area contributed by atoms with Gasteiger partial charge in [0, 0.05) is 11.3 Å². The third-order valence-electron chi connectivity index (χ3n) is 3.34. The van der Waals surface area contributed by atoms with Gasteiger partial charge in [-0.3, -0.25) is 0 Å². The van der Waals surface area contributed by atoms with Crippen LogP contribution < -0.4 is 10.5 Å². The minimum absolute atomic E-state index is 0.512. The fraction of sp³-hybridized carbons (Fsp3) is 0.167. The topological polar surface area (TPSA) is 61.3 Å². The molecule has 0 radical (unpaired) electrons. The van der Waals surface area contributed by atoms with E-state index in [4.69, 9.17) is 14.9 Å². The summed E-state index contributed by atoms with van der Waals surface area (Å²) in [6, 6.07) is 17.3. The van der Waals surface area contributed by atoms with Crippen molar-refractivity contribution in [2.24, 2.45) is 0 Å². The molecule has 0 atom stereocenters. The molecule has 2 N–H and O–H groups in total. The number of aromatic nitrogens is 1. The van der Waals surface area contributed by atoms with Crippen molar-refractivity contribution in [2.45, 2.75) is 13.3 Å². The van der Waals surface area contributed by atoms with Crippen molar-refractivity contribution < 1.29 is 9.15 Å². The molecule has 0 unspecified atom stereocenters. The molecule has 0 amide bonds. The van der Waals surface area contributed by atoms with Crippen LogP contribution in [0.5, 0.6) is 5.75 Å². The molecule has 1 aromatic heterocycles. The maximum Gasteiger partial charge on any atom is 0.198 e. The molecule has 0 bridgehead atoms. The number of hydrogen-bond donors (Lipinski definition) is 1. The molecule has 0 aliphatic carbocycles. The van der Waals surface area contributed by atoms with Crippen LogP contribution in [-0.4, -0.2) is 11.6 Å². The SMILES string of the molecule is Cc1nc(CCOc2ccc(N)cc2)oc1-c1ccccc1. The standard InChI is InChI=1S/C18H18N2O2/c1-13-18(14-5-3-2-4-6-14)22-17(20-13)11-12-21-16-9-7-15(19)8-10-16/h2-10H,11-12,19H2,1H3. The highest BCUT2D eigenvalue weighted by Crippen LogP contribution is 2.24. The summed E-state index contributed by atoms with van der Waals surface area (Å²) in [5.74, 6) is 2.30. The Morgan fingerprint density at radius 2 is 1.77 bits per heavy atom. The first-order valence-electron chi connectivity index (χ1n) is 7.22. The molecule has 0 aliphatic heterocycles. The number of nitrogens with two attached hydrogens (primary N) is 1. The lowest BCUT2D eigenvalue weighted by Crippen LogP contribution is -2.01. The quantitative estimate of drug-likeness (QED) is 0.726. The number of hydrogen-bond acceptors (Lipinski definition) is 4. The second-order valence-electron chi connectivity index (χ2n) is 5.06. The Labute approximate surface area is 129 Å². The van der Waals surface area contributed by atoms with Crippen LogP contribution in [0.2, 0.25) is 0 Å². The molecule has 22 heavy (non-hydrogen) atoms. The van der Waals surface area contributed by atoms with E-state index in [1.165, 1.54) is 0 Å². The number of aryl methyl sites for hydroxylation is 1. The highest BCUT2D eigenvalue weighted by atomic mass is 16.5. The number of nitrogen functional groups attached to an aromatic ring is 1. The third-order valence-corrected chi connectivity index (χ3v) is 3.34. The van der Waals surface area contributed by atoms with Gasteiger partial charge in [-0.15, -0.1) is 0 Å². The van der Waals surface area contributed by atoms with E-state index in [1.54, 1.807) is 0 Å². The zero-order chi connectivity index (χ0) is 15.4. The van der Waals surface area contributed by atoms with Crippen LogP contribution in [0.25, 0.3) is 11.3 Å². The highest BCUT2D eigenvalue weighted by molar-refractivity contribution is 5.59. The first-order valence-corrected chi connectivity index (χ1v) is 7.22. The van der Waals surface area contributed by atoms with Gasteiger partial charge in [-0.2, -0.15) is 0 Å². The molecule has 3 aromatic rings. The fourth-order valence-electron chi connectivity index (χ4n) is 2.24. The molecule has 0 fully saturated rings. The van der Waals surface area contributed by atoms with Crippen LogP contribution >= 0.6 is 0 Å². The van der Waals surface area contributed by atoms with Gasteiger partial charge in [0.15, 0.2) is 11.7 Å². The highest BCUT2D eigenvalue weighted by Gasteiger charge is 2.11. The van der Waals surface area contributed by atoms with Crippen LogP contribution in [0.1, 0.15) is 11.6 Å². The van der Waals surface area contributed by atoms with Crippen LogP contribution in [0, 0.1) is 6.92 Å². The first kappa shape index (κ1) is 14.2. The summed E-state index contributed by atoms with van der Waals surface area (Å²) in [6.45, 7) is 2.47. The van der Waals surface area contributed by atoms with Crippen LogP contribution in [0.4, 0.5) is 5.69 Å². The Morgan fingerprint density at radius 3 is 2.50 bits per heavy atom. The van der Waals surface area contributed by atoms with Gasteiger partial charge in [0.25, 0.3) is 0 Å². The monoisotopic (exact) mass is 294 g/mol. The summed E-state index contributed by atoms with van der Waals surface area (Å²) in [5, 5.41) is 0. The van der Waals surface area contributed by atoms with E-state index in [2.05, 4.69) is 4.98 Å². The minimum atomic E-state index is 0.512. The first-order chi connectivity index (χ1) is 10.7. The van der Waals surface area contributed by atoms with Crippen LogP contribution in [0.3, 0.4) is 0 Å². The average molecular weight is 294 g/mol. The van der Waals surface area contributed by atoms with E-state index in [-0.39, 0.29) is 0 Å². The van der Waals surface area contributed by atoms with Gasteiger partial charge in [-0.1, -0.05) is 30.3 Å². The van der Waals surface area contributed by atoms with Gasteiger partial charge >= 0.3 is 0 Å². The average Bonchev–Trinajstić information content (AvgIpc) is 2.91. The fourth-order valence-corrected chi connectivity index (χ4v) is 2.24. The second-order valence-corrected chi connectivity index (χ2v) is 5.06. The van der Waals surface area contributed by atoms with E-state index < -0.39 is 0 Å². The molecule has 4 heteroatoms. The van der Waals surface area contributed by atoms with Crippen molar-refractivity contribution in [3.63, 3.8) is 0 Å². The number of ether oxygens (including phenoxy) is 1. The zero-order valence-corrected chi connectivity index (χ0v) is 12.5. The molecule has 0 aliphatic rings. The summed E-state index contributed by atoms with van der Waals surface area (Å²) in [7, 11) is 0. The van der Waals surface area contributed by atoms with Gasteiger partial charge in [-0.25, -0.2) is 4.98 Å². The molecule has 2 aromatic carbocycles. The predicted octanol–water partition coefficient (Wildman–Crippen LogP) is 3.85. The van der Waals surface area contributed by atoms with E-state index in [9.17, 15) is 0 Å². The summed E-state index contributed by atoms with van der Waals surface area (Å²) < 4.78 is 11.5. The molecule has 112 valence electrons. The Morgan fingerprint density at radius 1 is 1.05 bits per heavy atom. The maximum atomic E-state index is 5.85. The van der Waals surface area contributed by atoms with Gasteiger partial charge in [0.1, 0.15) is 5.75 Å². The largest absolute Gasteiger partial charge is 0.493 e. The molecular weight excluding hydrogens is 276 g/mol. The van der Waals surface area contributed by atoms with Crippen LogP contribution in [-0.2, 0) is 6.42 Å². The molecule has 0 saturated carbocycles. The Kier molecular flexibility index (Phi) is 4.10. The van der Waals surface area contributed by atoms with Crippen molar-refractivity contribution in [3.05, 3.63) is 66.2 Å². The molecule has 0 spiro atoms. The molecule has 4 nitrogen and oxygen atoms in total. The normalized spacial score (nSPS) is 10.6. The van der Waals surface area contributed by atoms with Gasteiger partial charge in [-0.05, 0) is 31.2 Å². The summed E-state index contributed by atoms with van der Waals surface area (Å²) in [5.41, 5.74) is 8.30. The van der Waals surface area contributed by atoms with Gasteiger partial charge in [0.05, 0.1) is 18.7 Å². The Balaban J connectivity index is 1.63. The second kappa shape index (κ2) is 6.35. The molecule has 3 rings (SSSR count). The van der Waals surface area contributed by atoms with E-state index in [1.807, 2.05) is 61.5 Å². The maximum absolute atomic E-state index is 5.85. The summed E-state index contributed by atoms with van der Waals surface area (Å²) in [6.07, 6.45) is 0.623. The minimum Gasteiger partial charge on any atom is -0.493 e. The van der Waals surface area contributed by atoms with Crippen LogP contribution in [0.15, 0.2) is 59.0 Å². The predicted molar refractivity (Wildman–Crippen MR) is 86.7 cm³/mol. The van der Waals surface area contributed by atoms with Crippen molar-refractivity contribution in [1.82, 2.24) is 4.98 Å². The number of rotatable bonds is 5. The van der Waals surface area contributed by atoms with Gasteiger partial charge in [0.2, 0.25) is 0 Å². The molecular formula is C18H18N2O2. The lowest BCUT2D eigenvalue weighted by molar-refractivity contribution is 0.307. The van der Waals surface area contributed by atoms with E-state index in [0.29, 0.717) is 18.9 Å². The smallest absolute Gasteiger partial charge is 0.198 e. The zero-order valence-electron chi connectivity index (χ0n) is 12.5. The van der Waals surface area contributed by atoms with Crippen molar-refractivity contribution in [2.75, 3.05) is 12.3 Å². The number of anilines is 1.